The molecular formula is C11H15N3O. The zero-order valence-corrected chi connectivity index (χ0v) is 9.03. The normalized spacial score (nSPS) is 15.9. The van der Waals surface area contributed by atoms with Gasteiger partial charge in [-0.3, -0.25) is 9.78 Å². The van der Waals surface area contributed by atoms with Gasteiger partial charge in [0.25, 0.3) is 5.91 Å². The van der Waals surface area contributed by atoms with E-state index in [1.54, 1.807) is 11.1 Å². The highest BCUT2D eigenvalue weighted by molar-refractivity contribution is 5.93. The zero-order valence-electron chi connectivity index (χ0n) is 9.03. The lowest BCUT2D eigenvalue weighted by atomic mass is 10.1. The molecule has 2 heterocycles. The van der Waals surface area contributed by atoms with Gasteiger partial charge in [-0.05, 0) is 18.6 Å². The highest BCUT2D eigenvalue weighted by Crippen LogP contribution is 2.10. The maximum absolute atomic E-state index is 12.0. The van der Waals surface area contributed by atoms with Crippen LogP contribution in [0.25, 0.3) is 0 Å². The highest BCUT2D eigenvalue weighted by atomic mass is 16.2. The minimum absolute atomic E-state index is 0.0135. The molecule has 1 N–H and O–H groups in total. The number of likely N-dealkylation sites (N-methyl/N-ethyl adjacent to an activating group) is 1. The highest BCUT2D eigenvalue weighted by Gasteiger charge is 2.27. The van der Waals surface area contributed by atoms with Crippen molar-refractivity contribution < 1.29 is 4.79 Å². The van der Waals surface area contributed by atoms with E-state index in [2.05, 4.69) is 10.3 Å². The van der Waals surface area contributed by atoms with Gasteiger partial charge in [-0.25, -0.2) is 0 Å². The van der Waals surface area contributed by atoms with Gasteiger partial charge in [0.05, 0.1) is 6.04 Å². The van der Waals surface area contributed by atoms with E-state index in [1.165, 1.54) is 0 Å². The molecule has 1 fully saturated rings. The van der Waals surface area contributed by atoms with E-state index in [-0.39, 0.29) is 5.91 Å². The summed E-state index contributed by atoms with van der Waals surface area (Å²) in [5.74, 6) is 0.0135. The van der Waals surface area contributed by atoms with Crippen LogP contribution in [-0.2, 0) is 0 Å². The number of rotatable bonds is 2. The van der Waals surface area contributed by atoms with Crippen molar-refractivity contribution in [1.82, 2.24) is 15.2 Å². The van der Waals surface area contributed by atoms with Crippen LogP contribution in [0, 0.1) is 6.92 Å². The standard InChI is InChI=1S/C11H15N3O/c1-8-4-3-5-13-10(8)11(15)14(2)9-6-12-7-9/h3-5,9,12H,6-7H2,1-2H3. The second-order valence-corrected chi connectivity index (χ2v) is 3.90. The average molecular weight is 205 g/mol. The Hall–Kier alpha value is -1.42. The molecule has 2 rings (SSSR count). The van der Waals surface area contributed by atoms with Gasteiger partial charge < -0.3 is 10.2 Å². The maximum Gasteiger partial charge on any atom is 0.272 e. The smallest absolute Gasteiger partial charge is 0.272 e. The molecule has 1 aliphatic heterocycles. The molecular weight excluding hydrogens is 190 g/mol. The molecule has 0 spiro atoms. The molecule has 1 aromatic heterocycles. The summed E-state index contributed by atoms with van der Waals surface area (Å²) in [4.78, 5) is 17.9. The van der Waals surface area contributed by atoms with Gasteiger partial charge in [0.1, 0.15) is 5.69 Å². The summed E-state index contributed by atoms with van der Waals surface area (Å²) < 4.78 is 0. The molecule has 0 bridgehead atoms. The molecule has 1 amide bonds. The molecule has 4 nitrogen and oxygen atoms in total. The van der Waals surface area contributed by atoms with E-state index >= 15 is 0 Å². The summed E-state index contributed by atoms with van der Waals surface area (Å²) in [6.45, 7) is 3.68. The van der Waals surface area contributed by atoms with Gasteiger partial charge in [-0.2, -0.15) is 0 Å². The number of carbonyl (C=O) groups is 1. The SMILES string of the molecule is Cc1cccnc1C(=O)N(C)C1CNC1. The summed E-state index contributed by atoms with van der Waals surface area (Å²) in [7, 11) is 1.84. The maximum atomic E-state index is 12.0. The Bertz CT molecular complexity index is 374. The van der Waals surface area contributed by atoms with Crippen LogP contribution >= 0.6 is 0 Å². The van der Waals surface area contributed by atoms with Crippen molar-refractivity contribution >= 4 is 5.91 Å². The molecule has 0 atom stereocenters. The fraction of sp³-hybridized carbons (Fsp3) is 0.455. The first-order valence-electron chi connectivity index (χ1n) is 5.09. The molecule has 1 aromatic rings. The Morgan fingerprint density at radius 1 is 1.60 bits per heavy atom. The second kappa shape index (κ2) is 3.98. The van der Waals surface area contributed by atoms with Crippen LogP contribution < -0.4 is 5.32 Å². The van der Waals surface area contributed by atoms with Gasteiger partial charge in [0, 0.05) is 26.3 Å². The van der Waals surface area contributed by atoms with E-state index in [4.69, 9.17) is 0 Å². The lowest BCUT2D eigenvalue weighted by Gasteiger charge is -2.35. The molecule has 15 heavy (non-hydrogen) atoms. The minimum atomic E-state index is 0.0135. The lowest BCUT2D eigenvalue weighted by molar-refractivity contribution is 0.0674. The quantitative estimate of drug-likeness (QED) is 0.761. The van der Waals surface area contributed by atoms with Crippen molar-refractivity contribution in [1.29, 1.82) is 0 Å². The summed E-state index contributed by atoms with van der Waals surface area (Å²) in [6, 6.07) is 4.07. The Labute approximate surface area is 89.3 Å². The Morgan fingerprint density at radius 3 is 2.87 bits per heavy atom. The van der Waals surface area contributed by atoms with Crippen LogP contribution in [0.4, 0.5) is 0 Å². The summed E-state index contributed by atoms with van der Waals surface area (Å²) in [5, 5.41) is 3.15. The Morgan fingerprint density at radius 2 is 2.33 bits per heavy atom. The number of pyridine rings is 1. The first kappa shape index (κ1) is 10.1. The van der Waals surface area contributed by atoms with E-state index in [1.807, 2.05) is 26.1 Å². The average Bonchev–Trinajstić information content (AvgIpc) is 2.15. The van der Waals surface area contributed by atoms with Gasteiger partial charge in [-0.1, -0.05) is 6.07 Å². The molecule has 0 aliphatic carbocycles. The van der Waals surface area contributed by atoms with Crippen molar-refractivity contribution in [3.63, 3.8) is 0 Å². The van der Waals surface area contributed by atoms with E-state index in [0.29, 0.717) is 11.7 Å². The van der Waals surface area contributed by atoms with Crippen LogP contribution in [0.3, 0.4) is 0 Å². The fourth-order valence-corrected chi connectivity index (χ4v) is 1.59. The third-order valence-electron chi connectivity index (χ3n) is 2.84. The minimum Gasteiger partial charge on any atom is -0.335 e. The van der Waals surface area contributed by atoms with E-state index < -0.39 is 0 Å². The third kappa shape index (κ3) is 1.85. The van der Waals surface area contributed by atoms with Crippen molar-refractivity contribution in [3.8, 4) is 0 Å². The van der Waals surface area contributed by atoms with E-state index in [0.717, 1.165) is 18.7 Å². The van der Waals surface area contributed by atoms with Crippen molar-refractivity contribution in [2.24, 2.45) is 0 Å². The first-order valence-corrected chi connectivity index (χ1v) is 5.09. The van der Waals surface area contributed by atoms with Crippen molar-refractivity contribution in [2.75, 3.05) is 20.1 Å². The van der Waals surface area contributed by atoms with Crippen molar-refractivity contribution in [3.05, 3.63) is 29.6 Å². The number of hydrogen-bond acceptors (Lipinski definition) is 3. The number of aromatic nitrogens is 1. The molecule has 4 heteroatoms. The Balaban J connectivity index is 2.16. The predicted octanol–water partition coefficient (Wildman–Crippen LogP) is 0.434. The molecule has 1 aliphatic rings. The Kier molecular flexibility index (Phi) is 2.68. The van der Waals surface area contributed by atoms with Crippen LogP contribution in [0.15, 0.2) is 18.3 Å². The predicted molar refractivity (Wildman–Crippen MR) is 57.7 cm³/mol. The zero-order chi connectivity index (χ0) is 10.8. The number of nitrogens with one attached hydrogen (secondary N) is 1. The molecule has 0 saturated carbocycles. The topological polar surface area (TPSA) is 45.2 Å². The molecule has 1 saturated heterocycles. The van der Waals surface area contributed by atoms with Crippen LogP contribution in [0.2, 0.25) is 0 Å². The number of amides is 1. The fourth-order valence-electron chi connectivity index (χ4n) is 1.59. The summed E-state index contributed by atoms with van der Waals surface area (Å²) in [6.07, 6.45) is 1.66. The van der Waals surface area contributed by atoms with Gasteiger partial charge in [0.2, 0.25) is 0 Å². The first-order chi connectivity index (χ1) is 7.20. The monoisotopic (exact) mass is 205 g/mol. The molecule has 0 radical (unpaired) electrons. The molecule has 0 aromatic carbocycles. The number of aryl methyl sites for hydroxylation is 1. The number of hydrogen-bond donors (Lipinski definition) is 1. The van der Waals surface area contributed by atoms with Crippen molar-refractivity contribution in [2.45, 2.75) is 13.0 Å². The van der Waals surface area contributed by atoms with Crippen LogP contribution in [0.5, 0.6) is 0 Å². The summed E-state index contributed by atoms with van der Waals surface area (Å²) in [5.41, 5.74) is 1.49. The van der Waals surface area contributed by atoms with Crippen LogP contribution in [-0.4, -0.2) is 42.0 Å². The lowest BCUT2D eigenvalue weighted by Crippen LogP contribution is -2.57. The van der Waals surface area contributed by atoms with E-state index in [9.17, 15) is 4.79 Å². The van der Waals surface area contributed by atoms with Gasteiger partial charge in [0.15, 0.2) is 0 Å². The third-order valence-corrected chi connectivity index (χ3v) is 2.84. The van der Waals surface area contributed by atoms with Gasteiger partial charge >= 0.3 is 0 Å². The van der Waals surface area contributed by atoms with Gasteiger partial charge in [-0.15, -0.1) is 0 Å². The van der Waals surface area contributed by atoms with Crippen LogP contribution in [0.1, 0.15) is 16.1 Å². The molecule has 0 unspecified atom stereocenters. The number of nitrogens with zero attached hydrogens (tertiary/aromatic N) is 2. The molecule has 80 valence electrons. The second-order valence-electron chi connectivity index (χ2n) is 3.90. The summed E-state index contributed by atoms with van der Waals surface area (Å²) >= 11 is 0. The number of carbonyl (C=O) groups excluding carboxylic acids is 1. The largest absolute Gasteiger partial charge is 0.335 e.